The third kappa shape index (κ3) is 4.02. The molecule has 4 N–H and O–H groups in total. The van der Waals surface area contributed by atoms with Gasteiger partial charge in [0.05, 0.1) is 31.9 Å². The van der Waals surface area contributed by atoms with Crippen LogP contribution in [0.5, 0.6) is 17.2 Å². The number of aliphatic hydroxyl groups excluding tert-OH is 1. The molecule has 0 unspecified atom stereocenters. The minimum Gasteiger partial charge on any atom is -0.507 e. The number of aliphatic hydroxyl groups is 1. The second-order valence-electron chi connectivity index (χ2n) is 5.33. The van der Waals surface area contributed by atoms with E-state index in [1.807, 2.05) is 0 Å². The van der Waals surface area contributed by atoms with Crippen molar-refractivity contribution in [1.29, 1.82) is 0 Å². The van der Waals surface area contributed by atoms with E-state index >= 15 is 0 Å². The van der Waals surface area contributed by atoms with E-state index in [0.29, 0.717) is 29.4 Å². The molecule has 2 atom stereocenters. The first-order chi connectivity index (χ1) is 9.40. The Bertz CT molecular complexity index is 434. The van der Waals surface area contributed by atoms with Gasteiger partial charge in [-0.2, -0.15) is 0 Å². The van der Waals surface area contributed by atoms with Crippen LogP contribution in [0.1, 0.15) is 38.3 Å². The number of rotatable bonds is 7. The second kappa shape index (κ2) is 7.36. The Balaban J connectivity index is 2.99. The predicted octanol–water partition coefficient (Wildman–Crippen LogP) is 2.21. The normalized spacial score (nSPS) is 14.2. The molecule has 0 aliphatic heterocycles. The molecule has 0 fully saturated rings. The zero-order valence-electron chi connectivity index (χ0n) is 12.6. The summed E-state index contributed by atoms with van der Waals surface area (Å²) < 4.78 is 10.3. The maximum absolute atomic E-state index is 10.2. The van der Waals surface area contributed by atoms with E-state index in [9.17, 15) is 10.2 Å². The molecule has 0 bridgehead atoms. The SMILES string of the molecule is COc1cc(O)c([C@H](N)[C@H](O)CCC(C)C)c(OC)c1. The van der Waals surface area contributed by atoms with Crippen LogP contribution in [0.15, 0.2) is 12.1 Å². The van der Waals surface area contributed by atoms with Crippen molar-refractivity contribution in [3.05, 3.63) is 17.7 Å². The van der Waals surface area contributed by atoms with E-state index in [-0.39, 0.29) is 5.75 Å². The number of hydrogen-bond donors (Lipinski definition) is 3. The molecule has 5 heteroatoms. The van der Waals surface area contributed by atoms with Crippen molar-refractivity contribution in [2.24, 2.45) is 11.7 Å². The highest BCUT2D eigenvalue weighted by atomic mass is 16.5. The summed E-state index contributed by atoms with van der Waals surface area (Å²) in [4.78, 5) is 0. The minimum absolute atomic E-state index is 0.0303. The molecular weight excluding hydrogens is 258 g/mol. The summed E-state index contributed by atoms with van der Waals surface area (Å²) in [5.41, 5.74) is 6.47. The van der Waals surface area contributed by atoms with Gasteiger partial charge in [-0.3, -0.25) is 0 Å². The zero-order chi connectivity index (χ0) is 15.3. The largest absolute Gasteiger partial charge is 0.507 e. The fourth-order valence-electron chi connectivity index (χ4n) is 2.09. The predicted molar refractivity (Wildman–Crippen MR) is 78.2 cm³/mol. The lowest BCUT2D eigenvalue weighted by Gasteiger charge is -2.23. The van der Waals surface area contributed by atoms with Crippen molar-refractivity contribution >= 4 is 0 Å². The van der Waals surface area contributed by atoms with Gasteiger partial charge in [-0.05, 0) is 18.8 Å². The highest BCUT2D eigenvalue weighted by molar-refractivity contribution is 5.51. The molecule has 1 rings (SSSR count). The van der Waals surface area contributed by atoms with Crippen molar-refractivity contribution < 1.29 is 19.7 Å². The molecule has 114 valence electrons. The summed E-state index contributed by atoms with van der Waals surface area (Å²) in [6.45, 7) is 4.17. The van der Waals surface area contributed by atoms with Gasteiger partial charge in [-0.25, -0.2) is 0 Å². The first kappa shape index (κ1) is 16.6. The molecule has 5 nitrogen and oxygen atoms in total. The smallest absolute Gasteiger partial charge is 0.131 e. The van der Waals surface area contributed by atoms with Gasteiger partial charge in [0.25, 0.3) is 0 Å². The van der Waals surface area contributed by atoms with E-state index in [2.05, 4.69) is 13.8 Å². The Morgan fingerprint density at radius 1 is 1.15 bits per heavy atom. The number of phenolic OH excluding ortho intramolecular Hbond substituents is 1. The maximum Gasteiger partial charge on any atom is 0.131 e. The molecule has 0 amide bonds. The monoisotopic (exact) mass is 283 g/mol. The fourth-order valence-corrected chi connectivity index (χ4v) is 2.09. The van der Waals surface area contributed by atoms with E-state index in [1.165, 1.54) is 20.3 Å². The van der Waals surface area contributed by atoms with E-state index in [4.69, 9.17) is 15.2 Å². The molecule has 0 saturated carbocycles. The van der Waals surface area contributed by atoms with Gasteiger partial charge < -0.3 is 25.4 Å². The van der Waals surface area contributed by atoms with Gasteiger partial charge in [-0.15, -0.1) is 0 Å². The van der Waals surface area contributed by atoms with Crippen molar-refractivity contribution in [2.75, 3.05) is 14.2 Å². The van der Waals surface area contributed by atoms with Gasteiger partial charge in [0.2, 0.25) is 0 Å². The molecule has 0 aliphatic rings. The van der Waals surface area contributed by atoms with Crippen molar-refractivity contribution in [1.82, 2.24) is 0 Å². The van der Waals surface area contributed by atoms with Crippen LogP contribution in [0.2, 0.25) is 0 Å². The Labute approximate surface area is 120 Å². The summed E-state index contributed by atoms with van der Waals surface area (Å²) in [7, 11) is 3.00. The number of methoxy groups -OCH3 is 2. The van der Waals surface area contributed by atoms with E-state index in [1.54, 1.807) is 6.07 Å². The van der Waals surface area contributed by atoms with Crippen molar-refractivity contribution in [3.8, 4) is 17.2 Å². The van der Waals surface area contributed by atoms with E-state index < -0.39 is 12.1 Å². The molecule has 1 aromatic carbocycles. The van der Waals surface area contributed by atoms with Crippen molar-refractivity contribution in [3.63, 3.8) is 0 Å². The van der Waals surface area contributed by atoms with Crippen LogP contribution < -0.4 is 15.2 Å². The van der Waals surface area contributed by atoms with Crippen LogP contribution in [0, 0.1) is 5.92 Å². The third-order valence-electron chi connectivity index (χ3n) is 3.34. The molecule has 0 aliphatic carbocycles. The average Bonchev–Trinajstić information content (AvgIpc) is 2.42. The Hall–Kier alpha value is -1.46. The summed E-state index contributed by atoms with van der Waals surface area (Å²) in [5, 5.41) is 20.2. The number of nitrogens with two attached hydrogens (primary N) is 1. The minimum atomic E-state index is -0.731. The first-order valence-corrected chi connectivity index (χ1v) is 6.79. The van der Waals surface area contributed by atoms with Gasteiger partial charge in [0, 0.05) is 12.1 Å². The molecule has 20 heavy (non-hydrogen) atoms. The topological polar surface area (TPSA) is 84.9 Å². The zero-order valence-corrected chi connectivity index (χ0v) is 12.6. The van der Waals surface area contributed by atoms with Gasteiger partial charge in [0.15, 0.2) is 0 Å². The second-order valence-corrected chi connectivity index (χ2v) is 5.33. The quantitative estimate of drug-likeness (QED) is 0.714. The summed E-state index contributed by atoms with van der Waals surface area (Å²) >= 11 is 0. The maximum atomic E-state index is 10.2. The Kier molecular flexibility index (Phi) is 6.10. The Morgan fingerprint density at radius 2 is 1.80 bits per heavy atom. The van der Waals surface area contributed by atoms with Gasteiger partial charge in [-0.1, -0.05) is 13.8 Å². The first-order valence-electron chi connectivity index (χ1n) is 6.79. The number of ether oxygens (including phenoxy) is 2. The molecular formula is C15H25NO4. The highest BCUT2D eigenvalue weighted by Crippen LogP contribution is 2.38. The molecule has 0 aromatic heterocycles. The lowest BCUT2D eigenvalue weighted by atomic mass is 9.94. The standard InChI is InChI=1S/C15H25NO4/c1-9(2)5-6-11(17)15(16)14-12(18)7-10(19-3)8-13(14)20-4/h7-9,11,15,17-18H,5-6,16H2,1-4H3/t11-,15-/m1/s1. The number of hydrogen-bond acceptors (Lipinski definition) is 5. The average molecular weight is 283 g/mol. The van der Waals surface area contributed by atoms with Crippen LogP contribution in [0.25, 0.3) is 0 Å². The van der Waals surface area contributed by atoms with Crippen LogP contribution in [-0.2, 0) is 0 Å². The van der Waals surface area contributed by atoms with Crippen molar-refractivity contribution in [2.45, 2.75) is 38.8 Å². The van der Waals surface area contributed by atoms with Crippen LogP contribution in [0.4, 0.5) is 0 Å². The highest BCUT2D eigenvalue weighted by Gasteiger charge is 2.24. The summed E-state index contributed by atoms with van der Waals surface area (Å²) in [6, 6.07) is 2.41. The lowest BCUT2D eigenvalue weighted by Crippen LogP contribution is -2.27. The van der Waals surface area contributed by atoms with E-state index in [0.717, 1.165) is 6.42 Å². The number of benzene rings is 1. The number of phenols is 1. The van der Waals surface area contributed by atoms with Crippen LogP contribution in [0.3, 0.4) is 0 Å². The molecule has 0 spiro atoms. The van der Waals surface area contributed by atoms with Gasteiger partial charge in [0.1, 0.15) is 17.2 Å². The molecule has 1 aromatic rings. The molecule has 0 radical (unpaired) electrons. The number of aromatic hydroxyl groups is 1. The lowest BCUT2D eigenvalue weighted by molar-refractivity contribution is 0.126. The summed E-state index contributed by atoms with van der Waals surface area (Å²) in [6.07, 6.45) is 0.715. The molecule has 0 saturated heterocycles. The molecule has 0 heterocycles. The third-order valence-corrected chi connectivity index (χ3v) is 3.34. The summed E-state index contributed by atoms with van der Waals surface area (Å²) in [5.74, 6) is 1.35. The van der Waals surface area contributed by atoms with Crippen LogP contribution in [-0.4, -0.2) is 30.5 Å². The van der Waals surface area contributed by atoms with Gasteiger partial charge >= 0.3 is 0 Å². The fraction of sp³-hybridized carbons (Fsp3) is 0.600. The van der Waals surface area contributed by atoms with Crippen LogP contribution >= 0.6 is 0 Å². The Morgan fingerprint density at radius 3 is 2.30 bits per heavy atom.